The largest absolute Gasteiger partial charge is 0.454 e. The summed E-state index contributed by atoms with van der Waals surface area (Å²) >= 11 is 0. The highest BCUT2D eigenvalue weighted by atomic mass is 16.7. The van der Waals surface area contributed by atoms with Crippen LogP contribution in [0.5, 0.6) is 11.5 Å². The molecule has 2 aromatic rings. The van der Waals surface area contributed by atoms with Crippen molar-refractivity contribution in [1.29, 1.82) is 0 Å². The first-order valence-electron chi connectivity index (χ1n) is 7.77. The number of carbonyl (C=O) groups is 1. The predicted octanol–water partition coefficient (Wildman–Crippen LogP) is 2.79. The fourth-order valence-corrected chi connectivity index (χ4v) is 2.95. The summed E-state index contributed by atoms with van der Waals surface area (Å²) in [5.41, 5.74) is 7.86. The first-order valence-corrected chi connectivity index (χ1v) is 7.77. The molecule has 2 aromatic carbocycles. The summed E-state index contributed by atoms with van der Waals surface area (Å²) < 4.78 is 11.0. The zero-order valence-corrected chi connectivity index (χ0v) is 13.4. The molecule has 0 fully saturated rings. The van der Waals surface area contributed by atoms with Crippen LogP contribution in [0.1, 0.15) is 36.6 Å². The molecule has 2 aliphatic rings. The number of amides is 1. The first-order chi connectivity index (χ1) is 11.6. The zero-order chi connectivity index (χ0) is 16.7. The standard InChI is InChI=1S/C18H17N3O3/c1-10-14-7-16-17(24-9-23-16)8-15(14)18(21-20-10)12-3-5-13(6-4-12)19-11(2)22/h3-8,10,20H,9H2,1-2H3,(H,19,22). The Morgan fingerprint density at radius 1 is 1.21 bits per heavy atom. The van der Waals surface area contributed by atoms with E-state index in [1.807, 2.05) is 36.4 Å². The molecular formula is C18H17N3O3. The molecule has 1 atom stereocenters. The van der Waals surface area contributed by atoms with Crippen molar-refractivity contribution >= 4 is 17.3 Å². The van der Waals surface area contributed by atoms with Crippen molar-refractivity contribution in [3.05, 3.63) is 53.1 Å². The lowest BCUT2D eigenvalue weighted by molar-refractivity contribution is -0.114. The van der Waals surface area contributed by atoms with Gasteiger partial charge in [-0.2, -0.15) is 5.10 Å². The van der Waals surface area contributed by atoms with Crippen molar-refractivity contribution in [2.75, 3.05) is 12.1 Å². The molecule has 2 heterocycles. The van der Waals surface area contributed by atoms with Crippen molar-refractivity contribution in [1.82, 2.24) is 5.43 Å². The van der Waals surface area contributed by atoms with E-state index in [4.69, 9.17) is 9.47 Å². The van der Waals surface area contributed by atoms with Crippen molar-refractivity contribution in [2.24, 2.45) is 5.10 Å². The number of ether oxygens (including phenoxy) is 2. The Morgan fingerprint density at radius 2 is 1.92 bits per heavy atom. The molecule has 4 rings (SSSR count). The lowest BCUT2D eigenvalue weighted by Crippen LogP contribution is -2.24. The van der Waals surface area contributed by atoms with E-state index in [2.05, 4.69) is 22.8 Å². The molecule has 0 aromatic heterocycles. The summed E-state index contributed by atoms with van der Waals surface area (Å²) in [4.78, 5) is 11.1. The third-order valence-electron chi connectivity index (χ3n) is 4.12. The van der Waals surface area contributed by atoms with Gasteiger partial charge in [-0.05, 0) is 36.8 Å². The molecule has 2 aliphatic heterocycles. The molecule has 0 saturated carbocycles. The molecule has 0 radical (unpaired) electrons. The second kappa shape index (κ2) is 5.56. The van der Waals surface area contributed by atoms with E-state index in [1.54, 1.807) is 0 Å². The van der Waals surface area contributed by atoms with Gasteiger partial charge in [-0.15, -0.1) is 0 Å². The van der Waals surface area contributed by atoms with Crippen LogP contribution in [0.15, 0.2) is 41.5 Å². The summed E-state index contributed by atoms with van der Waals surface area (Å²) in [5, 5.41) is 7.29. The Bertz CT molecular complexity index is 843. The average molecular weight is 323 g/mol. The van der Waals surface area contributed by atoms with Gasteiger partial charge in [-0.1, -0.05) is 12.1 Å². The Balaban J connectivity index is 1.73. The molecule has 122 valence electrons. The number of hydrazone groups is 1. The Labute approximate surface area is 139 Å². The van der Waals surface area contributed by atoms with E-state index in [0.29, 0.717) is 0 Å². The van der Waals surface area contributed by atoms with Gasteiger partial charge in [-0.3, -0.25) is 4.79 Å². The van der Waals surface area contributed by atoms with Crippen molar-refractivity contribution in [2.45, 2.75) is 19.9 Å². The van der Waals surface area contributed by atoms with Gasteiger partial charge in [0.15, 0.2) is 11.5 Å². The number of rotatable bonds is 2. The second-order valence-electron chi connectivity index (χ2n) is 5.86. The lowest BCUT2D eigenvalue weighted by Gasteiger charge is -2.24. The number of nitrogens with zero attached hydrogens (tertiary/aromatic N) is 1. The molecule has 0 saturated heterocycles. The van der Waals surface area contributed by atoms with Crippen LogP contribution in [0.25, 0.3) is 0 Å². The summed E-state index contributed by atoms with van der Waals surface area (Å²) in [6.07, 6.45) is 0. The van der Waals surface area contributed by atoms with Gasteiger partial charge in [0.25, 0.3) is 0 Å². The van der Waals surface area contributed by atoms with Crippen LogP contribution in [0, 0.1) is 0 Å². The topological polar surface area (TPSA) is 72.0 Å². The normalized spacial score (nSPS) is 17.6. The van der Waals surface area contributed by atoms with E-state index >= 15 is 0 Å². The van der Waals surface area contributed by atoms with Crippen LogP contribution in [-0.4, -0.2) is 18.4 Å². The van der Waals surface area contributed by atoms with Gasteiger partial charge in [-0.25, -0.2) is 0 Å². The van der Waals surface area contributed by atoms with Crippen LogP contribution in [-0.2, 0) is 4.79 Å². The molecule has 1 unspecified atom stereocenters. The van der Waals surface area contributed by atoms with Gasteiger partial charge < -0.3 is 20.2 Å². The minimum absolute atomic E-state index is 0.0914. The molecule has 24 heavy (non-hydrogen) atoms. The monoisotopic (exact) mass is 323 g/mol. The van der Waals surface area contributed by atoms with Gasteiger partial charge in [0, 0.05) is 23.7 Å². The quantitative estimate of drug-likeness (QED) is 0.891. The fraction of sp³-hybridized carbons (Fsp3) is 0.222. The molecule has 1 amide bonds. The zero-order valence-electron chi connectivity index (χ0n) is 13.4. The summed E-state index contributed by atoms with van der Waals surface area (Å²) in [7, 11) is 0. The SMILES string of the molecule is CC(=O)Nc1ccc(C2=NNC(C)c3cc4c(cc32)OCO4)cc1. The van der Waals surface area contributed by atoms with Crippen molar-refractivity contribution in [3.63, 3.8) is 0 Å². The number of benzene rings is 2. The minimum Gasteiger partial charge on any atom is -0.454 e. The molecule has 6 nitrogen and oxygen atoms in total. The smallest absolute Gasteiger partial charge is 0.231 e. The minimum atomic E-state index is -0.0914. The van der Waals surface area contributed by atoms with E-state index in [-0.39, 0.29) is 18.7 Å². The molecule has 0 spiro atoms. The maximum absolute atomic E-state index is 11.1. The van der Waals surface area contributed by atoms with Gasteiger partial charge in [0.1, 0.15) is 0 Å². The van der Waals surface area contributed by atoms with Crippen molar-refractivity contribution in [3.8, 4) is 11.5 Å². The van der Waals surface area contributed by atoms with Crippen LogP contribution < -0.4 is 20.2 Å². The van der Waals surface area contributed by atoms with Crippen LogP contribution in [0.4, 0.5) is 5.69 Å². The van der Waals surface area contributed by atoms with E-state index < -0.39 is 0 Å². The highest BCUT2D eigenvalue weighted by Crippen LogP contribution is 2.38. The highest BCUT2D eigenvalue weighted by Gasteiger charge is 2.26. The molecule has 6 heteroatoms. The third kappa shape index (κ3) is 2.46. The van der Waals surface area contributed by atoms with Gasteiger partial charge >= 0.3 is 0 Å². The first kappa shape index (κ1) is 14.6. The van der Waals surface area contributed by atoms with Crippen LogP contribution in [0.3, 0.4) is 0 Å². The van der Waals surface area contributed by atoms with Crippen molar-refractivity contribution < 1.29 is 14.3 Å². The van der Waals surface area contributed by atoms with Gasteiger partial charge in [0.05, 0.1) is 11.8 Å². The number of nitrogens with one attached hydrogen (secondary N) is 2. The average Bonchev–Trinajstić information content (AvgIpc) is 3.02. The van der Waals surface area contributed by atoms with Gasteiger partial charge in [0.2, 0.25) is 12.7 Å². The Kier molecular flexibility index (Phi) is 3.37. The summed E-state index contributed by atoms with van der Waals surface area (Å²) in [5.74, 6) is 1.42. The Hall–Kier alpha value is -3.02. The summed E-state index contributed by atoms with van der Waals surface area (Å²) in [6, 6.07) is 11.7. The maximum atomic E-state index is 11.1. The van der Waals surface area contributed by atoms with E-state index in [0.717, 1.165) is 39.6 Å². The molecule has 0 bridgehead atoms. The number of anilines is 1. The fourth-order valence-electron chi connectivity index (χ4n) is 2.95. The molecule has 2 N–H and O–H groups in total. The van der Waals surface area contributed by atoms with E-state index in [9.17, 15) is 4.79 Å². The van der Waals surface area contributed by atoms with Crippen LogP contribution in [0.2, 0.25) is 0 Å². The number of hydrogen-bond acceptors (Lipinski definition) is 5. The highest BCUT2D eigenvalue weighted by molar-refractivity contribution is 6.14. The molecule has 0 aliphatic carbocycles. The lowest BCUT2D eigenvalue weighted by atomic mass is 9.92. The van der Waals surface area contributed by atoms with E-state index in [1.165, 1.54) is 6.92 Å². The third-order valence-corrected chi connectivity index (χ3v) is 4.12. The number of carbonyl (C=O) groups excluding carboxylic acids is 1. The second-order valence-corrected chi connectivity index (χ2v) is 5.86. The summed E-state index contributed by atoms with van der Waals surface area (Å²) in [6.45, 7) is 3.79. The number of fused-ring (bicyclic) bond motifs is 2. The maximum Gasteiger partial charge on any atom is 0.231 e. The Morgan fingerprint density at radius 3 is 2.62 bits per heavy atom. The number of hydrogen-bond donors (Lipinski definition) is 2. The predicted molar refractivity (Wildman–Crippen MR) is 90.5 cm³/mol. The molecular weight excluding hydrogens is 306 g/mol. The van der Waals surface area contributed by atoms with Crippen LogP contribution >= 0.6 is 0 Å².